The Kier molecular flexibility index (Phi) is 4.79. The molecule has 0 bridgehead atoms. The van der Waals surface area contributed by atoms with Crippen LogP contribution >= 0.6 is 0 Å². The van der Waals surface area contributed by atoms with Gasteiger partial charge in [0, 0.05) is 18.9 Å². The maximum Gasteiger partial charge on any atom is 0.303 e. The predicted octanol–water partition coefficient (Wildman–Crippen LogP) is 3.54. The summed E-state index contributed by atoms with van der Waals surface area (Å²) in [6.07, 6.45) is 5.84. The molecule has 1 aromatic rings. The molecule has 1 heterocycles. The largest absolute Gasteiger partial charge is 0.452 e. The lowest BCUT2D eigenvalue weighted by Crippen LogP contribution is -2.40. The average Bonchev–Trinajstić information content (AvgIpc) is 2.98. The van der Waals surface area contributed by atoms with Gasteiger partial charge in [-0.1, -0.05) is 37.1 Å². The van der Waals surface area contributed by atoms with Gasteiger partial charge in [-0.05, 0) is 24.8 Å². The summed E-state index contributed by atoms with van der Waals surface area (Å²) in [5, 5.41) is 0. The predicted molar refractivity (Wildman–Crippen MR) is 82.4 cm³/mol. The third-order valence-corrected chi connectivity index (χ3v) is 4.52. The zero-order valence-electron chi connectivity index (χ0n) is 13.2. The molecule has 0 amide bonds. The van der Waals surface area contributed by atoms with Crippen molar-refractivity contribution in [3.8, 4) is 0 Å². The summed E-state index contributed by atoms with van der Waals surface area (Å²) in [4.78, 5) is 11.7. The van der Waals surface area contributed by atoms with E-state index >= 15 is 0 Å². The highest BCUT2D eigenvalue weighted by molar-refractivity contribution is 5.66. The molecule has 22 heavy (non-hydrogen) atoms. The summed E-state index contributed by atoms with van der Waals surface area (Å²) in [7, 11) is 0. The number of hydrogen-bond donors (Lipinski definition) is 0. The maximum absolute atomic E-state index is 11.7. The third-order valence-electron chi connectivity index (χ3n) is 4.52. The molecule has 1 aliphatic carbocycles. The van der Waals surface area contributed by atoms with Gasteiger partial charge in [-0.25, -0.2) is 0 Å². The number of carbonyl (C=O) groups is 1. The fourth-order valence-electron chi connectivity index (χ4n) is 3.51. The van der Waals surface area contributed by atoms with Gasteiger partial charge < -0.3 is 14.2 Å². The van der Waals surface area contributed by atoms with Crippen LogP contribution in [-0.2, 0) is 25.4 Å². The smallest absolute Gasteiger partial charge is 0.303 e. The molecule has 1 saturated heterocycles. The number of aryl methyl sites for hydroxylation is 1. The van der Waals surface area contributed by atoms with Crippen molar-refractivity contribution in [2.45, 2.75) is 57.3 Å². The monoisotopic (exact) mass is 304 g/mol. The van der Waals surface area contributed by atoms with Crippen molar-refractivity contribution < 1.29 is 19.0 Å². The van der Waals surface area contributed by atoms with Gasteiger partial charge in [0.2, 0.25) is 5.79 Å². The lowest BCUT2D eigenvalue weighted by Gasteiger charge is -2.36. The Morgan fingerprint density at radius 1 is 1.14 bits per heavy atom. The first kappa shape index (κ1) is 15.5. The second kappa shape index (κ2) is 6.80. The van der Waals surface area contributed by atoms with E-state index < -0.39 is 11.9 Å². The summed E-state index contributed by atoms with van der Waals surface area (Å²) < 4.78 is 17.7. The molecule has 2 aliphatic rings. The van der Waals surface area contributed by atoms with E-state index in [-0.39, 0.29) is 5.97 Å². The molecule has 4 nitrogen and oxygen atoms in total. The van der Waals surface area contributed by atoms with Crippen LogP contribution in [0.3, 0.4) is 0 Å². The molecule has 120 valence electrons. The average molecular weight is 304 g/mol. The molecule has 1 aromatic carbocycles. The van der Waals surface area contributed by atoms with E-state index in [1.807, 2.05) is 18.2 Å². The number of carbonyl (C=O) groups excluding carboxylic acids is 1. The minimum atomic E-state index is -0.820. The number of hydrogen-bond acceptors (Lipinski definition) is 4. The van der Waals surface area contributed by atoms with Gasteiger partial charge in [0.1, 0.15) is 0 Å². The standard InChI is InChI=1S/C18H24O4/c1-14(19)22-17-16-10-6-5-9-15(16)8-4-2-3-7-11-18(17)20-12-13-21-18/h5-6,9-10,17H,2-4,7-8,11-13H2,1H3. The summed E-state index contributed by atoms with van der Waals surface area (Å²) in [6.45, 7) is 2.56. The van der Waals surface area contributed by atoms with Gasteiger partial charge in [0.15, 0.2) is 6.10 Å². The minimum absolute atomic E-state index is 0.296. The molecular weight excluding hydrogens is 280 g/mol. The van der Waals surface area contributed by atoms with Crippen LogP contribution in [0.15, 0.2) is 24.3 Å². The van der Waals surface area contributed by atoms with Crippen LogP contribution in [0.1, 0.15) is 56.3 Å². The van der Waals surface area contributed by atoms with E-state index in [1.165, 1.54) is 25.3 Å². The lowest BCUT2D eigenvalue weighted by atomic mass is 9.88. The van der Waals surface area contributed by atoms with E-state index in [9.17, 15) is 4.79 Å². The van der Waals surface area contributed by atoms with Crippen molar-refractivity contribution in [3.05, 3.63) is 35.4 Å². The maximum atomic E-state index is 11.7. The summed E-state index contributed by atoms with van der Waals surface area (Å²) >= 11 is 0. The Balaban J connectivity index is 2.03. The van der Waals surface area contributed by atoms with Crippen molar-refractivity contribution in [2.75, 3.05) is 13.2 Å². The molecule has 1 spiro atoms. The first-order valence-corrected chi connectivity index (χ1v) is 8.24. The van der Waals surface area contributed by atoms with Crippen molar-refractivity contribution in [2.24, 2.45) is 0 Å². The Labute approximate surface area is 131 Å². The number of rotatable bonds is 1. The van der Waals surface area contributed by atoms with Crippen molar-refractivity contribution in [1.29, 1.82) is 0 Å². The van der Waals surface area contributed by atoms with Crippen LogP contribution in [0.25, 0.3) is 0 Å². The molecule has 4 heteroatoms. The minimum Gasteiger partial charge on any atom is -0.452 e. The van der Waals surface area contributed by atoms with E-state index in [0.717, 1.165) is 31.2 Å². The normalized spacial score (nSPS) is 24.7. The zero-order chi connectivity index (χ0) is 15.4. The van der Waals surface area contributed by atoms with Gasteiger partial charge in [-0.3, -0.25) is 4.79 Å². The highest BCUT2D eigenvalue weighted by Gasteiger charge is 2.47. The molecule has 0 N–H and O–H groups in total. The summed E-state index contributed by atoms with van der Waals surface area (Å²) in [5.74, 6) is -1.12. The Hall–Kier alpha value is -1.39. The van der Waals surface area contributed by atoms with Gasteiger partial charge in [0.05, 0.1) is 13.2 Å². The van der Waals surface area contributed by atoms with Gasteiger partial charge in [0.25, 0.3) is 0 Å². The quantitative estimate of drug-likeness (QED) is 0.744. The zero-order valence-corrected chi connectivity index (χ0v) is 13.2. The van der Waals surface area contributed by atoms with Crippen LogP contribution < -0.4 is 0 Å². The van der Waals surface area contributed by atoms with Crippen LogP contribution in [0.5, 0.6) is 0 Å². The molecule has 1 fully saturated rings. The van der Waals surface area contributed by atoms with E-state index in [4.69, 9.17) is 14.2 Å². The van der Waals surface area contributed by atoms with Crippen molar-refractivity contribution >= 4 is 5.97 Å². The van der Waals surface area contributed by atoms with Crippen molar-refractivity contribution in [3.63, 3.8) is 0 Å². The Morgan fingerprint density at radius 2 is 1.86 bits per heavy atom. The fourth-order valence-corrected chi connectivity index (χ4v) is 3.51. The third kappa shape index (κ3) is 3.18. The SMILES string of the molecule is CC(=O)OC1c2ccccc2CCCCCCC12OCCO2. The molecular formula is C18H24O4. The Morgan fingerprint density at radius 3 is 2.64 bits per heavy atom. The molecule has 3 rings (SSSR count). The topological polar surface area (TPSA) is 44.8 Å². The number of esters is 1. The fraction of sp³-hybridized carbons (Fsp3) is 0.611. The second-order valence-electron chi connectivity index (χ2n) is 6.11. The molecule has 0 radical (unpaired) electrons. The first-order chi connectivity index (χ1) is 10.7. The van der Waals surface area contributed by atoms with E-state index in [0.29, 0.717) is 13.2 Å². The highest BCUT2D eigenvalue weighted by Crippen LogP contribution is 2.42. The number of benzene rings is 1. The number of ether oxygens (including phenoxy) is 3. The van der Waals surface area contributed by atoms with Crippen LogP contribution in [0, 0.1) is 0 Å². The van der Waals surface area contributed by atoms with Gasteiger partial charge in [-0.2, -0.15) is 0 Å². The Bertz CT molecular complexity index is 520. The lowest BCUT2D eigenvalue weighted by molar-refractivity contribution is -0.238. The van der Waals surface area contributed by atoms with Gasteiger partial charge in [-0.15, -0.1) is 0 Å². The number of fused-ring (bicyclic) bond motifs is 1. The summed E-state index contributed by atoms with van der Waals surface area (Å²) in [6, 6.07) is 8.19. The molecule has 1 aliphatic heterocycles. The second-order valence-corrected chi connectivity index (χ2v) is 6.11. The summed E-state index contributed by atoms with van der Waals surface area (Å²) in [5.41, 5.74) is 2.26. The molecule has 1 atom stereocenters. The van der Waals surface area contributed by atoms with E-state index in [2.05, 4.69) is 6.07 Å². The van der Waals surface area contributed by atoms with Crippen LogP contribution in [0.4, 0.5) is 0 Å². The molecule has 0 aromatic heterocycles. The molecule has 1 unspecified atom stereocenters. The van der Waals surface area contributed by atoms with Crippen molar-refractivity contribution in [1.82, 2.24) is 0 Å². The first-order valence-electron chi connectivity index (χ1n) is 8.24. The molecule has 0 saturated carbocycles. The highest BCUT2D eigenvalue weighted by atomic mass is 16.8. The van der Waals surface area contributed by atoms with E-state index in [1.54, 1.807) is 0 Å². The van der Waals surface area contributed by atoms with Crippen LogP contribution in [0.2, 0.25) is 0 Å². The van der Waals surface area contributed by atoms with Gasteiger partial charge >= 0.3 is 5.97 Å². The van der Waals surface area contributed by atoms with Crippen LogP contribution in [-0.4, -0.2) is 25.0 Å².